The van der Waals surface area contributed by atoms with Crippen LogP contribution in [0.5, 0.6) is 0 Å². The quantitative estimate of drug-likeness (QED) is 0.0817. The first-order chi connectivity index (χ1) is 35.1. The van der Waals surface area contributed by atoms with Crippen LogP contribution in [0.4, 0.5) is 8.78 Å². The van der Waals surface area contributed by atoms with Crippen molar-refractivity contribution in [2.75, 3.05) is 40.8 Å². The minimum atomic E-state index is -3.06. The van der Waals surface area contributed by atoms with Gasteiger partial charge in [-0.1, -0.05) is 45.0 Å². The number of rotatable bonds is 15. The van der Waals surface area contributed by atoms with Gasteiger partial charge in [-0.3, -0.25) is 4.79 Å². The fraction of sp³-hybridized carbons (Fsp3) is 0.764. The standard InChI is InChI=1S/C55H89F2N7O11/c1-14-43-54(10,68)47(65)36(6)63(12)29-32(2)25-53(9)49(34(4)45(35(5)50(67)72-43)73-44-26-52(8,69-13)48(66)37(7)71-44)74-51-46(75-53)42(24-33(3)70-51)62(11)23-20-41(58)30-64(59)22-15-21-55(56,57)40-18-16-38(17-19-40)39-27-60-31-61-28-39/h16-19,27-28,30-37,42-49,51,65-66,68H,14-15,20-26,29,58-59H2,1-13H3/b41-30-/t32-,33-,34+,35-,36-,37+,42+,43-,44+,45+,46-,47-,48+,49-,51+,52-,53-,54-/m1/s1. The number of halogens is 2. The molecule has 1 aromatic carbocycles. The number of nitrogens with zero attached hydrogens (tertiary/aromatic N) is 5. The molecule has 0 amide bonds. The maximum absolute atomic E-state index is 15.3. The summed E-state index contributed by atoms with van der Waals surface area (Å²) in [4.78, 5) is 26.7. The van der Waals surface area contributed by atoms with Crippen molar-refractivity contribution < 1.29 is 62.1 Å². The third-order valence-electron chi connectivity index (χ3n) is 16.7. The largest absolute Gasteiger partial charge is 0.459 e. The van der Waals surface area contributed by atoms with Crippen molar-refractivity contribution in [2.24, 2.45) is 29.3 Å². The van der Waals surface area contributed by atoms with E-state index in [1.165, 1.54) is 37.5 Å². The number of hydrazine groups is 1. The summed E-state index contributed by atoms with van der Waals surface area (Å²) in [7, 11) is 5.43. The first-order valence-corrected chi connectivity index (χ1v) is 26.9. The maximum Gasteiger partial charge on any atom is 0.311 e. The summed E-state index contributed by atoms with van der Waals surface area (Å²) in [5, 5.41) is 36.2. The lowest BCUT2D eigenvalue weighted by molar-refractivity contribution is -0.378. The number of aliphatic hydroxyl groups is 3. The minimum Gasteiger partial charge on any atom is -0.459 e. The van der Waals surface area contributed by atoms with Gasteiger partial charge in [0.15, 0.2) is 12.6 Å². The van der Waals surface area contributed by atoms with E-state index in [9.17, 15) is 20.1 Å². The van der Waals surface area contributed by atoms with Crippen molar-refractivity contribution in [2.45, 2.75) is 210 Å². The Kier molecular flexibility index (Phi) is 20.3. The van der Waals surface area contributed by atoms with Crippen LogP contribution in [-0.2, 0) is 43.9 Å². The van der Waals surface area contributed by atoms with Gasteiger partial charge >= 0.3 is 5.97 Å². The topological polar surface area (TPSA) is 230 Å². The van der Waals surface area contributed by atoms with E-state index in [0.29, 0.717) is 38.0 Å². The number of cyclic esters (lactones) is 1. The van der Waals surface area contributed by atoms with E-state index < -0.39 is 108 Å². The Labute approximate surface area is 443 Å². The molecular weight excluding hydrogens is 973 g/mol. The molecule has 2 aromatic rings. The molecular formula is C55H89F2N7O11. The van der Waals surface area contributed by atoms with Gasteiger partial charge in [0.1, 0.15) is 36.3 Å². The summed E-state index contributed by atoms with van der Waals surface area (Å²) in [5.41, 5.74) is 4.60. The zero-order valence-corrected chi connectivity index (χ0v) is 46.6. The molecule has 424 valence electrons. The average Bonchev–Trinajstić information content (AvgIpc) is 3.36. The molecule has 5 heterocycles. The number of hydrogen-bond donors (Lipinski definition) is 5. The number of aromatic nitrogens is 2. The molecule has 4 fully saturated rings. The highest BCUT2D eigenvalue weighted by molar-refractivity contribution is 5.73. The van der Waals surface area contributed by atoms with E-state index in [0.717, 1.165) is 11.1 Å². The van der Waals surface area contributed by atoms with Crippen molar-refractivity contribution >= 4 is 5.97 Å². The molecule has 18 nitrogen and oxygen atoms in total. The van der Waals surface area contributed by atoms with Gasteiger partial charge in [0, 0.05) is 99.4 Å². The molecule has 4 aliphatic heterocycles. The third-order valence-corrected chi connectivity index (χ3v) is 16.7. The van der Waals surface area contributed by atoms with Gasteiger partial charge in [0.2, 0.25) is 0 Å². The predicted molar refractivity (Wildman–Crippen MR) is 278 cm³/mol. The van der Waals surface area contributed by atoms with Crippen molar-refractivity contribution in [3.05, 3.63) is 60.4 Å². The number of likely N-dealkylation sites (N-methyl/N-ethyl adjacent to an activating group) is 2. The van der Waals surface area contributed by atoms with E-state index in [1.807, 2.05) is 46.7 Å². The highest BCUT2D eigenvalue weighted by Crippen LogP contribution is 2.46. The van der Waals surface area contributed by atoms with Crippen LogP contribution in [0.15, 0.2) is 54.9 Å². The molecule has 6 rings (SSSR count). The number of carbonyl (C=O) groups excluding carboxylic acids is 1. The smallest absolute Gasteiger partial charge is 0.311 e. The fourth-order valence-electron chi connectivity index (χ4n) is 12.0. The highest BCUT2D eigenvalue weighted by Gasteiger charge is 2.58. The first kappa shape index (κ1) is 60.7. The van der Waals surface area contributed by atoms with Gasteiger partial charge in [-0.05, 0) is 99.7 Å². The second-order valence-corrected chi connectivity index (χ2v) is 22.9. The van der Waals surface area contributed by atoms with Crippen molar-refractivity contribution in [1.29, 1.82) is 0 Å². The summed E-state index contributed by atoms with van der Waals surface area (Å²) in [6.07, 6.45) is -0.211. The van der Waals surface area contributed by atoms with Crippen LogP contribution in [0.1, 0.15) is 120 Å². The molecule has 0 spiro atoms. The SMILES string of the molecule is CC[C@H]1OC(=O)[C@H](C)[C@@H](O[C@H]2C[C@@](C)(OC)[C@@H](O)[C@H](C)O2)[C@H](C)[C@H]2O[C@@H]3O[C@H](C)C[C@H](N(C)CC/C(N)=C/N(N)CCCC(F)(F)c4ccc(-c5cncnc5)cc4)[C@H]3O[C@]2(C)C[C@@H](C)CN(C)[C@H](C)[C@@H](O)[C@]1(C)O. The summed E-state index contributed by atoms with van der Waals surface area (Å²) in [5.74, 6) is 1.02. The third kappa shape index (κ3) is 14.2. The van der Waals surface area contributed by atoms with Crippen molar-refractivity contribution in [1.82, 2.24) is 24.8 Å². The van der Waals surface area contributed by atoms with Gasteiger partial charge in [0.05, 0.1) is 41.5 Å². The Bertz CT molecular complexity index is 2170. The second-order valence-electron chi connectivity index (χ2n) is 22.9. The van der Waals surface area contributed by atoms with E-state index in [4.69, 9.17) is 44.7 Å². The van der Waals surface area contributed by atoms with Crippen LogP contribution in [0.3, 0.4) is 0 Å². The zero-order valence-electron chi connectivity index (χ0n) is 46.6. The molecule has 4 saturated heterocycles. The Balaban J connectivity index is 1.20. The van der Waals surface area contributed by atoms with Crippen molar-refractivity contribution in [3.63, 3.8) is 0 Å². The summed E-state index contributed by atoms with van der Waals surface area (Å²) in [6.45, 7) is 19.7. The molecule has 0 radical (unpaired) electrons. The average molecular weight is 1060 g/mol. The lowest BCUT2D eigenvalue weighted by atomic mass is 9.76. The molecule has 7 N–H and O–H groups in total. The molecule has 20 heteroatoms. The van der Waals surface area contributed by atoms with Crippen LogP contribution < -0.4 is 11.6 Å². The molecule has 0 unspecified atom stereocenters. The molecule has 75 heavy (non-hydrogen) atoms. The van der Waals surface area contributed by atoms with E-state index in [-0.39, 0.29) is 49.4 Å². The number of fused-ring (bicyclic) bond motifs is 2. The number of aliphatic hydroxyl groups excluding tert-OH is 2. The minimum absolute atomic E-state index is 0.0416. The lowest BCUT2D eigenvalue weighted by Gasteiger charge is -2.56. The number of hydrogen-bond acceptors (Lipinski definition) is 18. The van der Waals surface area contributed by atoms with Crippen LogP contribution in [0.2, 0.25) is 0 Å². The van der Waals surface area contributed by atoms with Crippen LogP contribution in [0.25, 0.3) is 11.1 Å². The molecule has 18 atom stereocenters. The summed E-state index contributed by atoms with van der Waals surface area (Å²) in [6, 6.07) is 5.42. The Morgan fingerprint density at radius 2 is 1.65 bits per heavy atom. The second kappa shape index (κ2) is 25.1. The number of alkyl halides is 2. The Hall–Kier alpha value is -3.51. The summed E-state index contributed by atoms with van der Waals surface area (Å²) >= 11 is 0. The lowest BCUT2D eigenvalue weighted by Crippen LogP contribution is -2.68. The van der Waals surface area contributed by atoms with Gasteiger partial charge in [-0.25, -0.2) is 24.6 Å². The zero-order chi connectivity index (χ0) is 55.4. The number of nitrogens with two attached hydrogens (primary N) is 2. The molecule has 4 aliphatic rings. The Morgan fingerprint density at radius 1 is 0.987 bits per heavy atom. The molecule has 0 aliphatic carbocycles. The monoisotopic (exact) mass is 1060 g/mol. The van der Waals surface area contributed by atoms with E-state index in [2.05, 4.69) is 21.8 Å². The normalized spacial score (nSPS) is 39.0. The van der Waals surface area contributed by atoms with Crippen LogP contribution in [-0.4, -0.2) is 177 Å². The number of carbonyl (C=O) groups is 1. The molecule has 0 bridgehead atoms. The van der Waals surface area contributed by atoms with E-state index >= 15 is 8.78 Å². The van der Waals surface area contributed by atoms with Gasteiger partial charge in [0.25, 0.3) is 5.92 Å². The fourth-order valence-corrected chi connectivity index (χ4v) is 12.0. The first-order valence-electron chi connectivity index (χ1n) is 26.9. The van der Waals surface area contributed by atoms with Crippen molar-refractivity contribution in [3.8, 4) is 11.1 Å². The molecule has 0 saturated carbocycles. The number of methoxy groups -OCH3 is 1. The van der Waals surface area contributed by atoms with Crippen LogP contribution in [0, 0.1) is 17.8 Å². The van der Waals surface area contributed by atoms with Gasteiger partial charge < -0.3 is 69.0 Å². The number of benzene rings is 1. The predicted octanol–water partition coefficient (Wildman–Crippen LogP) is 5.71. The van der Waals surface area contributed by atoms with Gasteiger partial charge in [-0.2, -0.15) is 0 Å². The highest BCUT2D eigenvalue weighted by atomic mass is 19.3. The number of esters is 1. The van der Waals surface area contributed by atoms with E-state index in [1.54, 1.807) is 58.4 Å². The molecule has 1 aromatic heterocycles. The summed E-state index contributed by atoms with van der Waals surface area (Å²) < 4.78 is 77.0. The maximum atomic E-state index is 15.3. The van der Waals surface area contributed by atoms with Crippen LogP contribution >= 0.6 is 0 Å². The number of ether oxygens (including phenoxy) is 7. The van der Waals surface area contributed by atoms with Gasteiger partial charge in [-0.15, -0.1) is 0 Å². The Morgan fingerprint density at radius 3 is 2.29 bits per heavy atom.